The molecule has 1 fully saturated rings. The number of hydrogen-bond donors (Lipinski definition) is 2. The minimum absolute atomic E-state index is 0.0139. The molecule has 0 bridgehead atoms. The molecule has 1 aliphatic heterocycles. The van der Waals surface area contributed by atoms with Gasteiger partial charge in [0.05, 0.1) is 30.6 Å². The zero-order chi connectivity index (χ0) is 17.2. The van der Waals surface area contributed by atoms with E-state index in [0.29, 0.717) is 5.56 Å². The smallest absolute Gasteiger partial charge is 0.305 e. The lowest BCUT2D eigenvalue weighted by Crippen LogP contribution is -2.49. The second-order valence-corrected chi connectivity index (χ2v) is 7.23. The third-order valence-electron chi connectivity index (χ3n) is 3.53. The van der Waals surface area contributed by atoms with Crippen LogP contribution < -0.4 is 5.73 Å². The van der Waals surface area contributed by atoms with Crippen LogP contribution in [0.3, 0.4) is 0 Å². The van der Waals surface area contributed by atoms with E-state index in [1.54, 1.807) is 6.92 Å². The van der Waals surface area contributed by atoms with Gasteiger partial charge in [-0.3, -0.25) is 9.59 Å². The molecule has 1 amide bonds. The molecule has 0 spiro atoms. The summed E-state index contributed by atoms with van der Waals surface area (Å²) in [4.78, 5) is 22.2. The minimum atomic E-state index is -3.95. The number of sulfonamides is 1. The molecule has 1 saturated heterocycles. The van der Waals surface area contributed by atoms with Gasteiger partial charge in [-0.25, -0.2) is 8.42 Å². The van der Waals surface area contributed by atoms with E-state index in [4.69, 9.17) is 15.6 Å². The third-order valence-corrected chi connectivity index (χ3v) is 5.46. The monoisotopic (exact) mass is 342 g/mol. The van der Waals surface area contributed by atoms with Crippen molar-refractivity contribution in [3.05, 3.63) is 29.3 Å². The van der Waals surface area contributed by atoms with Crippen LogP contribution in [0.15, 0.2) is 23.1 Å². The van der Waals surface area contributed by atoms with Crippen molar-refractivity contribution in [3.63, 3.8) is 0 Å². The molecule has 1 aliphatic rings. The van der Waals surface area contributed by atoms with Crippen molar-refractivity contribution in [2.75, 3.05) is 19.8 Å². The van der Waals surface area contributed by atoms with Gasteiger partial charge in [0.1, 0.15) is 0 Å². The summed E-state index contributed by atoms with van der Waals surface area (Å²) in [6.07, 6.45) is -0.353. The molecule has 2 rings (SSSR count). The maximum absolute atomic E-state index is 12.8. The average Bonchev–Trinajstić information content (AvgIpc) is 2.46. The number of rotatable bonds is 5. The first-order valence-electron chi connectivity index (χ1n) is 6.94. The third kappa shape index (κ3) is 3.87. The number of carbonyl (C=O) groups excluding carboxylic acids is 1. The van der Waals surface area contributed by atoms with Gasteiger partial charge in [-0.15, -0.1) is 0 Å². The molecule has 1 atom stereocenters. The Bertz CT molecular complexity index is 731. The molecule has 1 heterocycles. The molecule has 0 aromatic heterocycles. The molecule has 1 unspecified atom stereocenters. The number of aliphatic carboxylic acids is 1. The quantitative estimate of drug-likeness (QED) is 0.773. The lowest BCUT2D eigenvalue weighted by atomic mass is 10.1. The highest BCUT2D eigenvalue weighted by Crippen LogP contribution is 2.24. The van der Waals surface area contributed by atoms with Crippen LogP contribution in [0, 0.1) is 6.92 Å². The number of benzene rings is 1. The van der Waals surface area contributed by atoms with E-state index in [9.17, 15) is 18.0 Å². The van der Waals surface area contributed by atoms with Gasteiger partial charge in [-0.2, -0.15) is 4.31 Å². The standard InChI is InChI=1S/C14H18N2O6S/c1-9-4-10(14(15)19)6-12(5-9)23(20,21)16-2-3-22-8-11(16)7-13(17)18/h4-6,11H,2-3,7-8H2,1H3,(H2,15,19)(H,17,18). The van der Waals surface area contributed by atoms with Gasteiger partial charge in [0.25, 0.3) is 0 Å². The van der Waals surface area contributed by atoms with Gasteiger partial charge < -0.3 is 15.6 Å². The van der Waals surface area contributed by atoms with Crippen LogP contribution in [0.4, 0.5) is 0 Å². The normalized spacial score (nSPS) is 19.4. The van der Waals surface area contributed by atoms with E-state index in [1.807, 2.05) is 0 Å². The fourth-order valence-corrected chi connectivity index (χ4v) is 4.22. The first-order valence-corrected chi connectivity index (χ1v) is 8.38. The Balaban J connectivity index is 2.43. The zero-order valence-corrected chi connectivity index (χ0v) is 13.4. The van der Waals surface area contributed by atoms with Gasteiger partial charge in [0, 0.05) is 12.1 Å². The number of nitrogens with zero attached hydrogens (tertiary/aromatic N) is 1. The summed E-state index contributed by atoms with van der Waals surface area (Å²) in [6, 6.07) is 3.34. The Hall–Kier alpha value is -1.97. The number of nitrogens with two attached hydrogens (primary N) is 1. The molecule has 23 heavy (non-hydrogen) atoms. The number of hydrogen-bond acceptors (Lipinski definition) is 5. The largest absolute Gasteiger partial charge is 0.481 e. The van der Waals surface area contributed by atoms with Crippen LogP contribution >= 0.6 is 0 Å². The lowest BCUT2D eigenvalue weighted by molar-refractivity contribution is -0.139. The molecule has 3 N–H and O–H groups in total. The molecule has 0 saturated carbocycles. The van der Waals surface area contributed by atoms with E-state index >= 15 is 0 Å². The second kappa shape index (κ2) is 6.65. The molecule has 1 aromatic rings. The van der Waals surface area contributed by atoms with Crippen LogP contribution in [0.25, 0.3) is 0 Å². The summed E-state index contributed by atoms with van der Waals surface area (Å²) in [6.45, 7) is 1.91. The van der Waals surface area contributed by atoms with Crippen molar-refractivity contribution in [1.29, 1.82) is 0 Å². The number of amides is 1. The van der Waals surface area contributed by atoms with Gasteiger partial charge in [0.15, 0.2) is 0 Å². The number of carboxylic acids is 1. The number of carbonyl (C=O) groups is 2. The lowest BCUT2D eigenvalue weighted by Gasteiger charge is -2.33. The summed E-state index contributed by atoms with van der Waals surface area (Å²) < 4.78 is 32.0. The number of carboxylic acid groups (broad SMARTS) is 1. The summed E-state index contributed by atoms with van der Waals surface area (Å²) in [5.41, 5.74) is 5.88. The fraction of sp³-hybridized carbons (Fsp3) is 0.429. The molecule has 0 aliphatic carbocycles. The van der Waals surface area contributed by atoms with Crippen molar-refractivity contribution in [2.45, 2.75) is 24.3 Å². The van der Waals surface area contributed by atoms with Gasteiger partial charge in [-0.1, -0.05) is 0 Å². The minimum Gasteiger partial charge on any atom is -0.481 e. The molecule has 126 valence electrons. The zero-order valence-electron chi connectivity index (χ0n) is 12.6. The first kappa shape index (κ1) is 17.4. The predicted molar refractivity (Wildman–Crippen MR) is 80.4 cm³/mol. The Morgan fingerprint density at radius 3 is 2.70 bits per heavy atom. The summed E-state index contributed by atoms with van der Waals surface area (Å²) >= 11 is 0. The molecule has 8 nitrogen and oxygen atoms in total. The molecule has 1 aromatic carbocycles. The first-order chi connectivity index (χ1) is 10.7. The van der Waals surface area contributed by atoms with E-state index in [0.717, 1.165) is 4.31 Å². The highest BCUT2D eigenvalue weighted by molar-refractivity contribution is 7.89. The number of primary amides is 1. The van der Waals surface area contributed by atoms with Crippen molar-refractivity contribution < 1.29 is 27.9 Å². The molecular formula is C14H18N2O6S. The number of morpholine rings is 1. The van der Waals surface area contributed by atoms with E-state index in [1.165, 1.54) is 18.2 Å². The van der Waals surface area contributed by atoms with E-state index < -0.39 is 27.9 Å². The number of aryl methyl sites for hydroxylation is 1. The van der Waals surface area contributed by atoms with E-state index in [-0.39, 0.29) is 36.6 Å². The van der Waals surface area contributed by atoms with Gasteiger partial charge >= 0.3 is 5.97 Å². The van der Waals surface area contributed by atoms with Crippen molar-refractivity contribution >= 4 is 21.9 Å². The Morgan fingerprint density at radius 1 is 1.39 bits per heavy atom. The molecule has 9 heteroatoms. The van der Waals surface area contributed by atoms with Crippen LogP contribution in [0.2, 0.25) is 0 Å². The molecular weight excluding hydrogens is 324 g/mol. The van der Waals surface area contributed by atoms with Gasteiger partial charge in [-0.05, 0) is 30.7 Å². The molecule has 0 radical (unpaired) electrons. The fourth-order valence-electron chi connectivity index (χ4n) is 2.49. The number of ether oxygens (including phenoxy) is 1. The highest BCUT2D eigenvalue weighted by Gasteiger charge is 2.35. The Kier molecular flexibility index (Phi) is 5.03. The SMILES string of the molecule is Cc1cc(C(N)=O)cc(S(=O)(=O)N2CCOCC2CC(=O)O)c1. The predicted octanol–water partition coefficient (Wildman–Crippen LogP) is -0.0419. The van der Waals surface area contributed by atoms with Crippen LogP contribution in [-0.2, 0) is 19.6 Å². The van der Waals surface area contributed by atoms with Crippen LogP contribution in [0.5, 0.6) is 0 Å². The second-order valence-electron chi connectivity index (χ2n) is 5.34. The average molecular weight is 342 g/mol. The van der Waals surface area contributed by atoms with Crippen molar-refractivity contribution in [3.8, 4) is 0 Å². The topological polar surface area (TPSA) is 127 Å². The highest BCUT2D eigenvalue weighted by atomic mass is 32.2. The van der Waals surface area contributed by atoms with Crippen molar-refractivity contribution in [2.24, 2.45) is 5.73 Å². The summed E-state index contributed by atoms with van der Waals surface area (Å²) in [5, 5.41) is 8.94. The van der Waals surface area contributed by atoms with Crippen LogP contribution in [-0.4, -0.2) is 55.5 Å². The van der Waals surface area contributed by atoms with E-state index in [2.05, 4.69) is 0 Å². The summed E-state index contributed by atoms with van der Waals surface area (Å²) in [7, 11) is -3.95. The maximum Gasteiger partial charge on any atom is 0.305 e. The van der Waals surface area contributed by atoms with Crippen LogP contribution in [0.1, 0.15) is 22.3 Å². The summed E-state index contributed by atoms with van der Waals surface area (Å²) in [5.74, 6) is -1.84. The van der Waals surface area contributed by atoms with Gasteiger partial charge in [0.2, 0.25) is 15.9 Å². The van der Waals surface area contributed by atoms with Crippen molar-refractivity contribution in [1.82, 2.24) is 4.31 Å². The Morgan fingerprint density at radius 2 is 2.09 bits per heavy atom. The maximum atomic E-state index is 12.8. The Labute approximate surface area is 133 Å².